The molecule has 0 amide bonds. The van der Waals surface area contributed by atoms with Crippen LogP contribution in [0, 0.1) is 0 Å². The minimum atomic E-state index is -1.56. The summed E-state index contributed by atoms with van der Waals surface area (Å²) in [4.78, 5) is 8.08. The Kier molecular flexibility index (Phi) is 2.91. The Hall–Kier alpha value is -1.74. The lowest BCUT2D eigenvalue weighted by atomic mass is 9.96. The Morgan fingerprint density at radius 2 is 2.25 bits per heavy atom. The van der Waals surface area contributed by atoms with E-state index in [2.05, 4.69) is 9.97 Å². The zero-order valence-electron chi connectivity index (χ0n) is 10.8. The van der Waals surface area contributed by atoms with E-state index in [0.29, 0.717) is 11.0 Å². The van der Waals surface area contributed by atoms with Gasteiger partial charge in [-0.2, -0.15) is 0 Å². The number of rotatable bonds is 2. The van der Waals surface area contributed by atoms with Crippen LogP contribution in [0.1, 0.15) is 13.2 Å². The number of pyridine rings is 1. The van der Waals surface area contributed by atoms with E-state index in [1.807, 2.05) is 0 Å². The standard InChI is InChI=1S/C12H16N4O4/c1-12(19)9(18)7(4-17)20-11(12)16-5-15-8-6(16)2-3-14-10(8)13/h2-3,5,7,9,11,17-19H,4H2,1H3,(H2,13,14)/t7-,9-,11-,12-/m1/s1. The lowest BCUT2D eigenvalue weighted by Gasteiger charge is -2.27. The van der Waals surface area contributed by atoms with Gasteiger partial charge in [-0.15, -0.1) is 0 Å². The maximum atomic E-state index is 10.4. The molecule has 1 fully saturated rings. The average molecular weight is 280 g/mol. The third-order valence-electron chi connectivity index (χ3n) is 3.71. The van der Waals surface area contributed by atoms with Crippen molar-refractivity contribution in [3.05, 3.63) is 18.6 Å². The smallest absolute Gasteiger partial charge is 0.167 e. The molecule has 0 spiro atoms. The number of imidazole rings is 1. The van der Waals surface area contributed by atoms with Gasteiger partial charge < -0.3 is 30.4 Å². The van der Waals surface area contributed by atoms with E-state index in [9.17, 15) is 15.3 Å². The summed E-state index contributed by atoms with van der Waals surface area (Å²) in [6.45, 7) is 1.07. The Morgan fingerprint density at radius 1 is 1.50 bits per heavy atom. The fraction of sp³-hybridized carbons (Fsp3) is 0.500. The summed E-state index contributed by atoms with van der Waals surface area (Å²) in [5.41, 5.74) is 5.31. The molecule has 0 aromatic carbocycles. The second-order valence-corrected chi connectivity index (χ2v) is 5.10. The van der Waals surface area contributed by atoms with Crippen molar-refractivity contribution in [2.45, 2.75) is 31.0 Å². The molecule has 5 N–H and O–H groups in total. The molecule has 1 saturated heterocycles. The van der Waals surface area contributed by atoms with Gasteiger partial charge in [-0.3, -0.25) is 0 Å². The molecule has 3 heterocycles. The highest BCUT2D eigenvalue weighted by Gasteiger charge is 2.53. The molecule has 8 nitrogen and oxygen atoms in total. The van der Waals surface area contributed by atoms with Crippen LogP contribution in [-0.2, 0) is 4.74 Å². The zero-order valence-corrected chi connectivity index (χ0v) is 10.8. The van der Waals surface area contributed by atoms with Crippen molar-refractivity contribution in [1.29, 1.82) is 0 Å². The van der Waals surface area contributed by atoms with Crippen molar-refractivity contribution in [2.75, 3.05) is 12.3 Å². The molecule has 20 heavy (non-hydrogen) atoms. The van der Waals surface area contributed by atoms with Crippen LogP contribution in [0.2, 0.25) is 0 Å². The average Bonchev–Trinajstić information content (AvgIpc) is 2.92. The monoisotopic (exact) mass is 280 g/mol. The Balaban J connectivity index is 2.10. The first kappa shape index (κ1) is 13.3. The zero-order chi connectivity index (χ0) is 14.5. The summed E-state index contributed by atoms with van der Waals surface area (Å²) in [5, 5.41) is 29.6. The number of nitrogens with zero attached hydrogens (tertiary/aromatic N) is 3. The molecule has 0 bridgehead atoms. The van der Waals surface area contributed by atoms with Gasteiger partial charge in [0.15, 0.2) is 12.0 Å². The highest BCUT2D eigenvalue weighted by molar-refractivity contribution is 5.84. The number of ether oxygens (including phenoxy) is 1. The van der Waals surface area contributed by atoms with Crippen LogP contribution < -0.4 is 5.73 Å². The number of nitrogens with two attached hydrogens (primary N) is 1. The van der Waals surface area contributed by atoms with Crippen molar-refractivity contribution in [1.82, 2.24) is 14.5 Å². The Morgan fingerprint density at radius 3 is 2.90 bits per heavy atom. The molecule has 8 heteroatoms. The van der Waals surface area contributed by atoms with Crippen LogP contribution in [0.25, 0.3) is 11.0 Å². The lowest BCUT2D eigenvalue weighted by Crippen LogP contribution is -2.44. The molecule has 4 atom stereocenters. The van der Waals surface area contributed by atoms with Gasteiger partial charge in [0.05, 0.1) is 18.5 Å². The first-order valence-corrected chi connectivity index (χ1v) is 6.20. The lowest BCUT2D eigenvalue weighted by molar-refractivity contribution is -0.0948. The van der Waals surface area contributed by atoms with E-state index in [-0.39, 0.29) is 12.4 Å². The first-order chi connectivity index (χ1) is 9.46. The largest absolute Gasteiger partial charge is 0.394 e. The number of aromatic nitrogens is 3. The number of hydrogen-bond donors (Lipinski definition) is 4. The second kappa shape index (κ2) is 4.38. The predicted molar refractivity (Wildman–Crippen MR) is 69.6 cm³/mol. The fourth-order valence-corrected chi connectivity index (χ4v) is 2.56. The van der Waals surface area contributed by atoms with Crippen molar-refractivity contribution < 1.29 is 20.1 Å². The van der Waals surface area contributed by atoms with Crippen LogP contribution in [-0.4, -0.2) is 54.3 Å². The van der Waals surface area contributed by atoms with Crippen LogP contribution >= 0.6 is 0 Å². The number of hydrogen-bond acceptors (Lipinski definition) is 7. The van der Waals surface area contributed by atoms with Crippen LogP contribution in [0.3, 0.4) is 0 Å². The van der Waals surface area contributed by atoms with E-state index in [0.717, 1.165) is 0 Å². The molecule has 2 aromatic rings. The molecular formula is C12H16N4O4. The Bertz CT molecular complexity index is 641. The minimum Gasteiger partial charge on any atom is -0.394 e. The van der Waals surface area contributed by atoms with E-state index >= 15 is 0 Å². The summed E-state index contributed by atoms with van der Waals surface area (Å²) in [6, 6.07) is 1.69. The number of aliphatic hydroxyl groups is 3. The summed E-state index contributed by atoms with van der Waals surface area (Å²) in [6.07, 6.45) is 0.0653. The normalized spacial score (nSPS) is 33.9. The van der Waals surface area contributed by atoms with Crippen molar-refractivity contribution in [3.8, 4) is 0 Å². The van der Waals surface area contributed by atoms with Gasteiger partial charge in [-0.25, -0.2) is 9.97 Å². The molecule has 0 unspecified atom stereocenters. The molecule has 0 saturated carbocycles. The van der Waals surface area contributed by atoms with Crippen molar-refractivity contribution in [2.24, 2.45) is 0 Å². The number of nitrogen functional groups attached to an aromatic ring is 1. The summed E-state index contributed by atoms with van der Waals surface area (Å²) in [5.74, 6) is 0.276. The third-order valence-corrected chi connectivity index (χ3v) is 3.71. The fourth-order valence-electron chi connectivity index (χ4n) is 2.56. The highest BCUT2D eigenvalue weighted by atomic mass is 16.6. The summed E-state index contributed by atoms with van der Waals surface area (Å²) in [7, 11) is 0. The van der Waals surface area contributed by atoms with Gasteiger partial charge in [0.25, 0.3) is 0 Å². The summed E-state index contributed by atoms with van der Waals surface area (Å²) >= 11 is 0. The maximum Gasteiger partial charge on any atom is 0.167 e. The quantitative estimate of drug-likeness (QED) is 0.556. The third kappa shape index (κ3) is 1.70. The topological polar surface area (TPSA) is 127 Å². The van der Waals surface area contributed by atoms with Crippen molar-refractivity contribution >= 4 is 16.9 Å². The molecule has 3 rings (SSSR count). The van der Waals surface area contributed by atoms with E-state index in [1.165, 1.54) is 19.4 Å². The number of aliphatic hydroxyl groups excluding tert-OH is 2. The van der Waals surface area contributed by atoms with E-state index < -0.39 is 24.0 Å². The van der Waals surface area contributed by atoms with Gasteiger partial charge in [0, 0.05) is 6.20 Å². The first-order valence-electron chi connectivity index (χ1n) is 6.20. The second-order valence-electron chi connectivity index (χ2n) is 5.10. The molecule has 0 aliphatic carbocycles. The SMILES string of the molecule is C[C@@]1(O)[C@H](O)[C@@H](CO)O[C@H]1n1cnc2c(N)nccc21. The van der Waals surface area contributed by atoms with Gasteiger partial charge in [-0.05, 0) is 13.0 Å². The van der Waals surface area contributed by atoms with Gasteiger partial charge >= 0.3 is 0 Å². The van der Waals surface area contributed by atoms with Gasteiger partial charge in [-0.1, -0.05) is 0 Å². The summed E-state index contributed by atoms with van der Waals surface area (Å²) < 4.78 is 7.12. The Labute approximate surface area is 114 Å². The predicted octanol–water partition coefficient (Wildman–Crippen LogP) is -0.985. The molecular weight excluding hydrogens is 264 g/mol. The van der Waals surface area contributed by atoms with Crippen LogP contribution in [0.5, 0.6) is 0 Å². The van der Waals surface area contributed by atoms with Crippen LogP contribution in [0.4, 0.5) is 5.82 Å². The molecule has 0 radical (unpaired) electrons. The molecule has 2 aromatic heterocycles. The number of fused-ring (bicyclic) bond motifs is 1. The maximum absolute atomic E-state index is 10.4. The molecule has 1 aliphatic heterocycles. The van der Waals surface area contributed by atoms with Gasteiger partial charge in [0.2, 0.25) is 0 Å². The highest BCUT2D eigenvalue weighted by Crippen LogP contribution is 2.39. The van der Waals surface area contributed by atoms with Gasteiger partial charge in [0.1, 0.15) is 23.3 Å². The minimum absolute atomic E-state index is 0.276. The van der Waals surface area contributed by atoms with Crippen LogP contribution in [0.15, 0.2) is 18.6 Å². The number of anilines is 1. The van der Waals surface area contributed by atoms with E-state index in [1.54, 1.807) is 10.6 Å². The van der Waals surface area contributed by atoms with Crippen molar-refractivity contribution in [3.63, 3.8) is 0 Å². The molecule has 108 valence electrons. The molecule has 1 aliphatic rings. The van der Waals surface area contributed by atoms with E-state index in [4.69, 9.17) is 10.5 Å².